The van der Waals surface area contributed by atoms with Crippen molar-refractivity contribution >= 4 is 5.97 Å². The lowest BCUT2D eigenvalue weighted by Gasteiger charge is -2.13. The highest BCUT2D eigenvalue weighted by molar-refractivity contribution is 5.66. The molecule has 0 aromatic heterocycles. The molecule has 1 aliphatic carbocycles. The first-order valence-corrected chi connectivity index (χ1v) is 9.01. The van der Waals surface area contributed by atoms with Crippen LogP contribution in [0.15, 0.2) is 0 Å². The molecule has 0 radical (unpaired) electrons. The third-order valence-electron chi connectivity index (χ3n) is 4.73. The maximum absolute atomic E-state index is 10.4. The van der Waals surface area contributed by atoms with E-state index in [0.29, 0.717) is 6.42 Å². The first-order valence-electron chi connectivity index (χ1n) is 9.01. The van der Waals surface area contributed by atoms with E-state index < -0.39 is 5.97 Å². The molecule has 1 unspecified atom stereocenters. The molecule has 0 spiro atoms. The van der Waals surface area contributed by atoms with Crippen molar-refractivity contribution < 1.29 is 9.90 Å². The highest BCUT2D eigenvalue weighted by Crippen LogP contribution is 2.27. The van der Waals surface area contributed by atoms with Crippen LogP contribution in [-0.4, -0.2) is 11.1 Å². The van der Waals surface area contributed by atoms with Crippen molar-refractivity contribution in [3.05, 3.63) is 0 Å². The number of aliphatic carboxylic acids is 1. The van der Waals surface area contributed by atoms with Gasteiger partial charge in [-0.3, -0.25) is 4.79 Å². The van der Waals surface area contributed by atoms with Crippen molar-refractivity contribution in [1.29, 1.82) is 0 Å². The van der Waals surface area contributed by atoms with Crippen molar-refractivity contribution in [2.24, 2.45) is 5.92 Å². The molecule has 20 heavy (non-hydrogen) atoms. The number of carbonyl (C=O) groups is 1. The normalized spacial score (nSPS) is 19.7. The fourth-order valence-electron chi connectivity index (χ4n) is 3.42. The highest BCUT2D eigenvalue weighted by Gasteiger charge is 2.11. The Morgan fingerprint density at radius 2 is 1.25 bits per heavy atom. The lowest BCUT2D eigenvalue weighted by Crippen LogP contribution is -1.98. The molecule has 1 atom stereocenters. The molecule has 2 nitrogen and oxygen atoms in total. The van der Waals surface area contributed by atoms with E-state index in [-0.39, 0.29) is 0 Å². The Morgan fingerprint density at radius 3 is 1.80 bits per heavy atom. The molecule has 1 rings (SSSR count). The van der Waals surface area contributed by atoms with Gasteiger partial charge in [-0.05, 0) is 12.3 Å². The van der Waals surface area contributed by atoms with Gasteiger partial charge in [-0.1, -0.05) is 89.9 Å². The molecule has 1 N–H and O–H groups in total. The SMILES string of the molecule is O=C(O)CCCCCCCCCCC1CCC[13CH2]CC1. The fraction of sp³-hybridized carbons (Fsp3) is 0.944. The number of carboxylic acids is 1. The zero-order chi connectivity index (χ0) is 14.5. The van der Waals surface area contributed by atoms with Gasteiger partial charge in [-0.15, -0.1) is 0 Å². The second kappa shape index (κ2) is 12.2. The molecule has 0 saturated heterocycles. The van der Waals surface area contributed by atoms with Crippen LogP contribution in [0.4, 0.5) is 0 Å². The summed E-state index contributed by atoms with van der Waals surface area (Å²) in [6.07, 6.45) is 20.7. The zero-order valence-electron chi connectivity index (χ0n) is 13.2. The summed E-state index contributed by atoms with van der Waals surface area (Å²) in [5, 5.41) is 8.54. The zero-order valence-corrected chi connectivity index (χ0v) is 13.2. The maximum atomic E-state index is 10.4. The fourth-order valence-corrected chi connectivity index (χ4v) is 3.42. The highest BCUT2D eigenvalue weighted by atomic mass is 16.4. The summed E-state index contributed by atoms with van der Waals surface area (Å²) in [5.74, 6) is 0.386. The first kappa shape index (κ1) is 17.5. The Morgan fingerprint density at radius 1 is 0.750 bits per heavy atom. The molecular weight excluding hydrogens is 249 g/mol. The summed E-state index contributed by atoms with van der Waals surface area (Å²) in [4.78, 5) is 10.4. The van der Waals surface area contributed by atoms with Gasteiger partial charge in [0.2, 0.25) is 0 Å². The second-order valence-electron chi connectivity index (χ2n) is 6.62. The van der Waals surface area contributed by atoms with Crippen molar-refractivity contribution in [2.75, 3.05) is 0 Å². The Kier molecular flexibility index (Phi) is 10.7. The molecule has 1 saturated carbocycles. The van der Waals surface area contributed by atoms with Crippen LogP contribution in [0.1, 0.15) is 103 Å². The molecule has 1 fully saturated rings. The Balaban J connectivity index is 1.79. The lowest BCUT2D eigenvalue weighted by molar-refractivity contribution is -0.137. The van der Waals surface area contributed by atoms with Gasteiger partial charge in [0.25, 0.3) is 0 Å². The topological polar surface area (TPSA) is 37.3 Å². The summed E-state index contributed by atoms with van der Waals surface area (Å²) >= 11 is 0. The number of unbranched alkanes of at least 4 members (excludes halogenated alkanes) is 7. The van der Waals surface area contributed by atoms with E-state index in [0.717, 1.165) is 18.8 Å². The maximum Gasteiger partial charge on any atom is 0.303 e. The summed E-state index contributed by atoms with van der Waals surface area (Å²) < 4.78 is 0. The van der Waals surface area contributed by atoms with E-state index in [9.17, 15) is 4.79 Å². The monoisotopic (exact) mass is 283 g/mol. The summed E-state index contributed by atoms with van der Waals surface area (Å²) in [6, 6.07) is 0. The minimum absolute atomic E-state index is 0.349. The predicted molar refractivity (Wildman–Crippen MR) is 85.0 cm³/mol. The van der Waals surface area contributed by atoms with Crippen LogP contribution >= 0.6 is 0 Å². The van der Waals surface area contributed by atoms with Crippen molar-refractivity contribution in [3.63, 3.8) is 0 Å². The van der Waals surface area contributed by atoms with E-state index in [1.165, 1.54) is 83.5 Å². The van der Waals surface area contributed by atoms with E-state index >= 15 is 0 Å². The van der Waals surface area contributed by atoms with E-state index in [1.807, 2.05) is 0 Å². The Hall–Kier alpha value is -0.530. The van der Waals surface area contributed by atoms with Gasteiger partial charge in [0, 0.05) is 6.42 Å². The molecule has 0 aromatic rings. The van der Waals surface area contributed by atoms with Crippen molar-refractivity contribution in [3.8, 4) is 0 Å². The Bertz CT molecular complexity index is 230. The molecule has 118 valence electrons. The van der Waals surface area contributed by atoms with Gasteiger partial charge in [0.15, 0.2) is 0 Å². The van der Waals surface area contributed by atoms with Crippen molar-refractivity contribution in [2.45, 2.75) is 103 Å². The molecule has 0 aliphatic heterocycles. The van der Waals surface area contributed by atoms with Crippen LogP contribution in [-0.2, 0) is 4.79 Å². The van der Waals surface area contributed by atoms with Gasteiger partial charge < -0.3 is 5.11 Å². The summed E-state index contributed by atoms with van der Waals surface area (Å²) in [5.41, 5.74) is 0. The van der Waals surface area contributed by atoms with Crippen LogP contribution in [0.2, 0.25) is 0 Å². The van der Waals surface area contributed by atoms with E-state index in [1.54, 1.807) is 0 Å². The third kappa shape index (κ3) is 10.3. The molecule has 0 bridgehead atoms. The molecule has 0 aromatic carbocycles. The number of rotatable bonds is 11. The minimum atomic E-state index is -0.650. The predicted octanol–water partition coefficient (Wildman–Crippen LogP) is 5.94. The van der Waals surface area contributed by atoms with Crippen molar-refractivity contribution in [1.82, 2.24) is 0 Å². The molecule has 0 heterocycles. The van der Waals surface area contributed by atoms with Crippen LogP contribution in [0.3, 0.4) is 0 Å². The van der Waals surface area contributed by atoms with Crippen LogP contribution < -0.4 is 0 Å². The van der Waals surface area contributed by atoms with Gasteiger partial charge >= 0.3 is 5.97 Å². The average Bonchev–Trinajstić information content (AvgIpc) is 2.69. The number of carboxylic acid groups (broad SMARTS) is 1. The third-order valence-corrected chi connectivity index (χ3v) is 4.73. The number of hydrogen-bond donors (Lipinski definition) is 1. The largest absolute Gasteiger partial charge is 0.481 e. The smallest absolute Gasteiger partial charge is 0.303 e. The summed E-state index contributed by atoms with van der Waals surface area (Å²) in [6.45, 7) is 0. The van der Waals surface area contributed by atoms with Gasteiger partial charge in [0.1, 0.15) is 0 Å². The Labute approximate surface area is 125 Å². The minimum Gasteiger partial charge on any atom is -0.481 e. The number of hydrogen-bond acceptors (Lipinski definition) is 1. The molecule has 1 aliphatic rings. The van der Waals surface area contributed by atoms with Crippen LogP contribution in [0.5, 0.6) is 0 Å². The molecular formula is C18H34O2. The summed E-state index contributed by atoms with van der Waals surface area (Å²) in [7, 11) is 0. The van der Waals surface area contributed by atoms with Crippen LogP contribution in [0, 0.1) is 5.92 Å². The molecule has 0 amide bonds. The van der Waals surface area contributed by atoms with Crippen LogP contribution in [0.25, 0.3) is 0 Å². The van der Waals surface area contributed by atoms with Gasteiger partial charge in [-0.2, -0.15) is 0 Å². The quantitative estimate of drug-likeness (QED) is 0.289. The van der Waals surface area contributed by atoms with Gasteiger partial charge in [0.05, 0.1) is 0 Å². The van der Waals surface area contributed by atoms with E-state index in [4.69, 9.17) is 5.11 Å². The lowest BCUT2D eigenvalue weighted by atomic mass is 9.93. The second-order valence-corrected chi connectivity index (χ2v) is 6.62. The first-order chi connectivity index (χ1) is 9.79. The van der Waals surface area contributed by atoms with E-state index in [2.05, 4.69) is 0 Å². The average molecular weight is 283 g/mol. The standard InChI is InChI=1S/C18H34O2/c19-18(20)16-12-6-4-2-1-3-5-9-13-17-14-10-7-8-11-15-17/h17H,1-16H2,(H,19,20)/i7+1. The van der Waals surface area contributed by atoms with Gasteiger partial charge in [-0.25, -0.2) is 0 Å². The molecule has 2 heteroatoms.